The average Bonchev–Trinajstić information content (AvgIpc) is 4.04. The van der Waals surface area contributed by atoms with Crippen LogP contribution >= 0.6 is 11.8 Å². The average molecular weight is 983 g/mol. The van der Waals surface area contributed by atoms with Crippen LogP contribution in [0.5, 0.6) is 0 Å². The summed E-state index contributed by atoms with van der Waals surface area (Å²) < 4.78 is 31.4. The number of nitrogens with two attached hydrogens (primary N) is 1. The number of nitrogen functional groups attached to an aromatic ring is 1. The van der Waals surface area contributed by atoms with E-state index in [2.05, 4.69) is 40.8 Å². The van der Waals surface area contributed by atoms with Crippen LogP contribution < -0.4 is 22.7 Å². The van der Waals surface area contributed by atoms with Crippen LogP contribution in [0.3, 0.4) is 0 Å². The van der Waals surface area contributed by atoms with Crippen LogP contribution in [-0.4, -0.2) is 102 Å². The standard InChI is InChI=1S/C47H66N8O13S/c1-24(8-11-39(59)65-22-41-68-37(23-69-41)54-15-13-35(48)50-44(54)62)28-9-10-29-42-30(18-34(57)47(28,29)4)46(3)14-12-27(16-26(46)17-32(42)56)66-40(60)7-5-6-38(58)64-21-33-31(52-53-49)19-36(67-33)55-20-25(2)43(61)51-45(55)63/h13,15,20,24,26-34,36-37,41-42,56-57H,5-12,14,16-19,21-23H2,1-4H3,(H2,48,50,62)(H,51,61,63)/t24-,26+,27-,28-,29+,30+,31-,32-,33+,34+,36+,37-,41+,42+,46+,47-/m1/s1. The number of H-pyrrole nitrogens is 1. The summed E-state index contributed by atoms with van der Waals surface area (Å²) >= 11 is 1.46. The highest BCUT2D eigenvalue weighted by Crippen LogP contribution is 2.68. The van der Waals surface area contributed by atoms with Crippen LogP contribution in [0.15, 0.2) is 38.0 Å². The van der Waals surface area contributed by atoms with Gasteiger partial charge in [0.2, 0.25) is 0 Å². The molecular formula is C47H66N8O13S. The van der Waals surface area contributed by atoms with E-state index in [0.29, 0.717) is 43.4 Å². The predicted octanol–water partition coefficient (Wildman–Crippen LogP) is 4.42. The number of fused-ring (bicyclic) bond motifs is 5. The Balaban J connectivity index is 0.767. The summed E-state index contributed by atoms with van der Waals surface area (Å²) in [5.74, 6) is 0.00405. The van der Waals surface area contributed by atoms with E-state index >= 15 is 0 Å². The molecule has 0 unspecified atom stereocenters. The molecule has 0 spiro atoms. The van der Waals surface area contributed by atoms with Gasteiger partial charge < -0.3 is 39.6 Å². The second kappa shape index (κ2) is 20.9. The van der Waals surface area contributed by atoms with Crippen molar-refractivity contribution in [3.05, 3.63) is 65.8 Å². The van der Waals surface area contributed by atoms with Crippen molar-refractivity contribution < 1.29 is 48.3 Å². The quantitative estimate of drug-likeness (QED) is 0.0595. The molecule has 0 bridgehead atoms. The number of carbonyl (C=O) groups is 3. The molecule has 4 aliphatic carbocycles. The number of hydrogen-bond acceptors (Lipinski definition) is 17. The molecule has 69 heavy (non-hydrogen) atoms. The molecule has 6 fully saturated rings. The van der Waals surface area contributed by atoms with Gasteiger partial charge in [0.15, 0.2) is 0 Å². The van der Waals surface area contributed by atoms with E-state index in [1.165, 1.54) is 33.2 Å². The van der Waals surface area contributed by atoms with Gasteiger partial charge in [-0.25, -0.2) is 9.59 Å². The molecule has 0 radical (unpaired) electrons. The summed E-state index contributed by atoms with van der Waals surface area (Å²) in [6, 6.07) is 0.807. The molecular weight excluding hydrogens is 917 g/mol. The van der Waals surface area contributed by atoms with E-state index in [-0.39, 0.29) is 104 Å². The first-order valence-electron chi connectivity index (χ1n) is 24.4. The minimum atomic E-state index is -0.841. The lowest BCUT2D eigenvalue weighted by Crippen LogP contribution is -2.62. The Morgan fingerprint density at radius 1 is 1.00 bits per heavy atom. The number of aliphatic hydroxyl groups excluding tert-OH is 2. The zero-order valence-electron chi connectivity index (χ0n) is 39.7. The predicted molar refractivity (Wildman–Crippen MR) is 249 cm³/mol. The number of anilines is 1. The first-order valence-corrected chi connectivity index (χ1v) is 25.4. The van der Waals surface area contributed by atoms with Crippen molar-refractivity contribution in [2.75, 3.05) is 24.7 Å². The minimum Gasteiger partial charge on any atom is -0.463 e. The number of thioether (sulfide) groups is 1. The van der Waals surface area contributed by atoms with Crippen molar-refractivity contribution in [1.29, 1.82) is 0 Å². The molecule has 16 atom stereocenters. The Labute approximate surface area is 403 Å². The molecule has 2 aromatic heterocycles. The number of rotatable bonds is 16. The van der Waals surface area contributed by atoms with Crippen LogP contribution in [0.1, 0.15) is 122 Å². The Hall–Kier alpha value is -4.73. The highest BCUT2D eigenvalue weighted by Gasteiger charge is 2.66. The lowest BCUT2D eigenvalue weighted by atomic mass is 9.43. The van der Waals surface area contributed by atoms with Crippen LogP contribution in [0.25, 0.3) is 10.4 Å². The van der Waals surface area contributed by atoms with Crippen LogP contribution in [0, 0.1) is 53.3 Å². The Morgan fingerprint density at radius 3 is 2.52 bits per heavy atom. The fourth-order valence-electron chi connectivity index (χ4n) is 13.2. The molecule has 21 nitrogen and oxygen atoms in total. The number of hydrogen-bond donors (Lipinski definition) is 4. The van der Waals surface area contributed by atoms with E-state index < -0.39 is 76.5 Å². The molecule has 2 saturated heterocycles. The molecule has 378 valence electrons. The van der Waals surface area contributed by atoms with E-state index in [0.717, 1.165) is 19.3 Å². The van der Waals surface area contributed by atoms with Crippen molar-refractivity contribution >= 4 is 35.5 Å². The molecule has 4 heterocycles. The number of aromatic nitrogens is 4. The maximum Gasteiger partial charge on any atom is 0.351 e. The molecule has 0 aromatic carbocycles. The van der Waals surface area contributed by atoms with Gasteiger partial charge in [-0.1, -0.05) is 25.9 Å². The zero-order valence-corrected chi connectivity index (χ0v) is 40.5. The van der Waals surface area contributed by atoms with Crippen LogP contribution in [0.2, 0.25) is 0 Å². The lowest BCUT2D eigenvalue weighted by molar-refractivity contribution is -0.209. The van der Waals surface area contributed by atoms with E-state index in [1.54, 1.807) is 13.1 Å². The smallest absolute Gasteiger partial charge is 0.351 e. The van der Waals surface area contributed by atoms with Gasteiger partial charge in [0.1, 0.15) is 49.1 Å². The number of azide groups is 1. The highest BCUT2D eigenvalue weighted by atomic mass is 32.2. The first-order chi connectivity index (χ1) is 32.9. The third-order valence-corrected chi connectivity index (χ3v) is 18.0. The van der Waals surface area contributed by atoms with Crippen molar-refractivity contribution in [2.45, 2.75) is 160 Å². The second-order valence-corrected chi connectivity index (χ2v) is 21.9. The molecule has 6 aliphatic rings. The Morgan fingerprint density at radius 2 is 1.75 bits per heavy atom. The fourth-order valence-corrected chi connectivity index (χ4v) is 14.2. The Kier molecular flexibility index (Phi) is 15.4. The van der Waals surface area contributed by atoms with Gasteiger partial charge in [-0.15, -0.1) is 11.8 Å². The lowest BCUT2D eigenvalue weighted by Gasteiger charge is -2.63. The van der Waals surface area contributed by atoms with Crippen LogP contribution in [-0.2, 0) is 38.1 Å². The minimum absolute atomic E-state index is 0.00938. The van der Waals surface area contributed by atoms with Crippen molar-refractivity contribution in [1.82, 2.24) is 19.1 Å². The number of nitrogens with one attached hydrogen (secondary N) is 1. The summed E-state index contributed by atoms with van der Waals surface area (Å²) in [6.07, 6.45) is 5.45. The molecule has 0 amide bonds. The third-order valence-electron chi connectivity index (χ3n) is 16.9. The van der Waals surface area contributed by atoms with Gasteiger partial charge >= 0.3 is 29.3 Å². The Bertz CT molecular complexity index is 2460. The normalized spacial score (nSPS) is 36.3. The molecule has 5 N–H and O–H groups in total. The topological polar surface area (TPSA) is 302 Å². The third kappa shape index (κ3) is 10.5. The monoisotopic (exact) mass is 982 g/mol. The summed E-state index contributed by atoms with van der Waals surface area (Å²) in [4.78, 5) is 84.0. The van der Waals surface area contributed by atoms with Gasteiger partial charge in [0.05, 0.1) is 18.2 Å². The number of aryl methyl sites for hydroxylation is 1. The number of ether oxygens (including phenoxy) is 5. The molecule has 2 aromatic rings. The zero-order chi connectivity index (χ0) is 49.4. The number of nitrogens with zero attached hydrogens (tertiary/aromatic N) is 6. The SMILES string of the molecule is Cc1cn([C@@H]2C[C@@H](N=[N+]=[N-])[C@H](COC(=O)CCCC(=O)O[C@@H]3CC[C@@]4(C)[C@@H](C3)C[C@@H](O)[C@@H]3[C@@H]4C[C@H](O)[C@]4(C)[C@@H]([C@H](C)CCC(=O)OC[C@H]5O[C@@H](n6ccc(N)nc6=O)CS5)CC[C@@H]34)O2)c(=O)[nH]c1=O. The fraction of sp³-hybridized carbons (Fsp3) is 0.766. The van der Waals surface area contributed by atoms with E-state index in [1.807, 2.05) is 0 Å². The highest BCUT2D eigenvalue weighted by molar-refractivity contribution is 8.00. The van der Waals surface area contributed by atoms with Gasteiger partial charge in [-0.3, -0.25) is 33.3 Å². The maximum atomic E-state index is 13.1. The number of aliphatic hydroxyl groups is 2. The van der Waals surface area contributed by atoms with Crippen molar-refractivity contribution in [2.24, 2.45) is 51.5 Å². The summed E-state index contributed by atoms with van der Waals surface area (Å²) in [5.41, 5.74) is 12.3. The van der Waals surface area contributed by atoms with E-state index in [4.69, 9.17) is 34.9 Å². The summed E-state index contributed by atoms with van der Waals surface area (Å²) in [7, 11) is 0. The second-order valence-electron chi connectivity index (χ2n) is 20.7. The van der Waals surface area contributed by atoms with E-state index in [9.17, 15) is 39.0 Å². The molecule has 22 heteroatoms. The molecule has 2 aliphatic heterocycles. The van der Waals surface area contributed by atoms with Gasteiger partial charge in [0, 0.05) is 54.3 Å². The number of aromatic amines is 1. The van der Waals surface area contributed by atoms with Crippen LogP contribution in [0.4, 0.5) is 5.82 Å². The molecule has 8 rings (SSSR count). The maximum absolute atomic E-state index is 13.1. The first kappa shape index (κ1) is 50.7. The van der Waals surface area contributed by atoms with Crippen molar-refractivity contribution in [3.8, 4) is 0 Å². The largest absolute Gasteiger partial charge is 0.463 e. The number of esters is 3. The summed E-state index contributed by atoms with van der Waals surface area (Å²) in [5, 5.41) is 27.8. The van der Waals surface area contributed by atoms with Gasteiger partial charge in [-0.2, -0.15) is 4.98 Å². The molecule has 4 saturated carbocycles. The summed E-state index contributed by atoms with van der Waals surface area (Å²) in [6.45, 7) is 8.02. The number of carbonyl (C=O) groups excluding carboxylic acids is 3. The van der Waals surface area contributed by atoms with Gasteiger partial charge in [-0.05, 0) is 123 Å². The van der Waals surface area contributed by atoms with Crippen molar-refractivity contribution in [3.63, 3.8) is 0 Å². The van der Waals surface area contributed by atoms with Gasteiger partial charge in [0.25, 0.3) is 5.56 Å².